The first-order valence-corrected chi connectivity index (χ1v) is 10.4. The monoisotopic (exact) mass is 464 g/mol. The summed E-state index contributed by atoms with van der Waals surface area (Å²) in [6.07, 6.45) is 2.96. The Bertz CT molecular complexity index is 1420. The smallest absolute Gasteiger partial charge is 0.330 e. The van der Waals surface area contributed by atoms with Crippen LogP contribution in [-0.4, -0.2) is 32.3 Å². The van der Waals surface area contributed by atoms with Crippen LogP contribution in [0.2, 0.25) is 5.02 Å². The maximum Gasteiger partial charge on any atom is 0.330 e. The minimum absolute atomic E-state index is 0.105. The fourth-order valence-electron chi connectivity index (χ4n) is 3.48. The van der Waals surface area contributed by atoms with Gasteiger partial charge in [0.25, 0.3) is 11.5 Å². The normalized spacial score (nSPS) is 10.8. The third kappa shape index (κ3) is 4.58. The number of carbonyl (C=O) groups excluding carboxylic acids is 1. The van der Waals surface area contributed by atoms with Crippen LogP contribution in [0, 0.1) is 0 Å². The van der Waals surface area contributed by atoms with Gasteiger partial charge in [-0.25, -0.2) is 4.79 Å². The van der Waals surface area contributed by atoms with Crippen LogP contribution in [0.15, 0.2) is 76.6 Å². The minimum Gasteiger partial charge on any atom is -0.383 e. The van der Waals surface area contributed by atoms with Crippen molar-refractivity contribution in [3.8, 4) is 0 Å². The topological polar surface area (TPSA) is 119 Å². The molecular weight excluding hydrogens is 444 g/mol. The highest BCUT2D eigenvalue weighted by molar-refractivity contribution is 6.31. The summed E-state index contributed by atoms with van der Waals surface area (Å²) in [6.45, 7) is 0.522. The van der Waals surface area contributed by atoms with Gasteiger partial charge in [0, 0.05) is 18.3 Å². The second kappa shape index (κ2) is 9.17. The maximum absolute atomic E-state index is 13.1. The highest BCUT2D eigenvalue weighted by Gasteiger charge is 2.23. The van der Waals surface area contributed by atoms with Crippen LogP contribution in [0.1, 0.15) is 21.5 Å². The van der Waals surface area contributed by atoms with E-state index in [0.29, 0.717) is 11.6 Å². The average Bonchev–Trinajstić information content (AvgIpc) is 3.26. The van der Waals surface area contributed by atoms with Crippen LogP contribution in [-0.2, 0) is 13.1 Å². The summed E-state index contributed by atoms with van der Waals surface area (Å²) >= 11 is 6.20. The number of aromatic amines is 1. The van der Waals surface area contributed by atoms with E-state index in [9.17, 15) is 14.4 Å². The van der Waals surface area contributed by atoms with E-state index in [0.717, 1.165) is 16.0 Å². The van der Waals surface area contributed by atoms with Gasteiger partial charge >= 0.3 is 5.69 Å². The lowest BCUT2D eigenvalue weighted by Crippen LogP contribution is -2.39. The van der Waals surface area contributed by atoms with E-state index in [2.05, 4.69) is 10.1 Å². The first-order valence-electron chi connectivity index (χ1n) is 10.1. The van der Waals surface area contributed by atoms with Crippen molar-refractivity contribution in [2.75, 3.05) is 17.7 Å². The molecule has 0 aliphatic rings. The molecule has 2 heterocycles. The fraction of sp³-hybridized carbons (Fsp3) is 0.130. The predicted octanol–water partition coefficient (Wildman–Crippen LogP) is 2.34. The number of anilines is 2. The number of amides is 1. The van der Waals surface area contributed by atoms with Gasteiger partial charge in [-0.2, -0.15) is 5.10 Å². The van der Waals surface area contributed by atoms with Crippen molar-refractivity contribution < 1.29 is 4.79 Å². The molecule has 0 saturated carbocycles. The molecular formula is C23H21ClN6O3. The molecule has 0 fully saturated rings. The van der Waals surface area contributed by atoms with E-state index >= 15 is 0 Å². The number of carbonyl (C=O) groups is 1. The summed E-state index contributed by atoms with van der Waals surface area (Å²) in [4.78, 5) is 41.4. The van der Waals surface area contributed by atoms with Gasteiger partial charge in [-0.3, -0.25) is 23.8 Å². The Morgan fingerprint density at radius 3 is 2.52 bits per heavy atom. The molecule has 10 heteroatoms. The number of nitrogens with zero attached hydrogens (tertiary/aromatic N) is 4. The van der Waals surface area contributed by atoms with Crippen molar-refractivity contribution in [2.45, 2.75) is 13.1 Å². The molecule has 4 rings (SSSR count). The number of rotatable bonds is 6. The number of benzene rings is 2. The average molecular weight is 465 g/mol. The molecule has 3 N–H and O–H groups in total. The summed E-state index contributed by atoms with van der Waals surface area (Å²) in [5.74, 6) is -0.602. The van der Waals surface area contributed by atoms with Crippen LogP contribution in [0.3, 0.4) is 0 Å². The van der Waals surface area contributed by atoms with E-state index in [1.807, 2.05) is 48.5 Å². The van der Waals surface area contributed by atoms with Gasteiger partial charge in [0.1, 0.15) is 5.82 Å². The van der Waals surface area contributed by atoms with Gasteiger partial charge in [-0.1, -0.05) is 60.1 Å². The molecule has 1 amide bonds. The van der Waals surface area contributed by atoms with Gasteiger partial charge in [-0.05, 0) is 17.2 Å². The molecule has 0 aliphatic carbocycles. The van der Waals surface area contributed by atoms with Gasteiger partial charge in [0.2, 0.25) is 0 Å². The Labute approximate surface area is 193 Å². The van der Waals surface area contributed by atoms with Crippen LogP contribution in [0.4, 0.5) is 11.5 Å². The van der Waals surface area contributed by atoms with Crippen molar-refractivity contribution in [2.24, 2.45) is 0 Å². The molecule has 0 atom stereocenters. The van der Waals surface area contributed by atoms with Crippen LogP contribution in [0.25, 0.3) is 0 Å². The van der Waals surface area contributed by atoms with Crippen molar-refractivity contribution in [3.05, 3.63) is 110 Å². The van der Waals surface area contributed by atoms with E-state index in [1.54, 1.807) is 16.9 Å². The summed E-state index contributed by atoms with van der Waals surface area (Å²) in [5, 5.41) is 4.82. The maximum atomic E-state index is 13.1. The zero-order valence-electron chi connectivity index (χ0n) is 17.7. The molecule has 2 aromatic heterocycles. The van der Waals surface area contributed by atoms with Gasteiger partial charge in [0.05, 0.1) is 24.8 Å². The quantitative estimate of drug-likeness (QED) is 0.454. The summed E-state index contributed by atoms with van der Waals surface area (Å²) in [6, 6.07) is 16.5. The van der Waals surface area contributed by atoms with E-state index in [4.69, 9.17) is 17.3 Å². The molecule has 2 aromatic carbocycles. The Hall–Kier alpha value is -4.11. The largest absolute Gasteiger partial charge is 0.383 e. The second-order valence-electron chi connectivity index (χ2n) is 7.45. The molecule has 9 nitrogen and oxygen atoms in total. The van der Waals surface area contributed by atoms with Crippen molar-refractivity contribution in [1.29, 1.82) is 0 Å². The SMILES string of the molecule is CN(C(=O)c1cnn(Cc2ccccc2Cl)c1)c1c(N)n(Cc2ccccc2)c(=O)[nH]c1=O. The molecule has 0 unspecified atom stereocenters. The highest BCUT2D eigenvalue weighted by Crippen LogP contribution is 2.20. The number of nitrogen functional groups attached to an aromatic ring is 1. The Balaban J connectivity index is 1.62. The fourth-order valence-corrected chi connectivity index (χ4v) is 3.68. The Kier molecular flexibility index (Phi) is 6.14. The number of H-pyrrole nitrogens is 1. The van der Waals surface area contributed by atoms with E-state index < -0.39 is 17.2 Å². The lowest BCUT2D eigenvalue weighted by atomic mass is 10.2. The lowest BCUT2D eigenvalue weighted by Gasteiger charge is -2.20. The first-order chi connectivity index (χ1) is 15.8. The molecule has 33 heavy (non-hydrogen) atoms. The molecule has 0 spiro atoms. The molecule has 4 aromatic rings. The summed E-state index contributed by atoms with van der Waals surface area (Å²) in [7, 11) is 1.42. The van der Waals surface area contributed by atoms with Crippen molar-refractivity contribution >= 4 is 29.0 Å². The van der Waals surface area contributed by atoms with Crippen molar-refractivity contribution in [3.63, 3.8) is 0 Å². The van der Waals surface area contributed by atoms with Gasteiger partial charge in [-0.15, -0.1) is 0 Å². The number of hydrogen-bond donors (Lipinski definition) is 2. The summed E-state index contributed by atoms with van der Waals surface area (Å²) in [5.41, 5.74) is 6.59. The standard InChI is InChI=1S/C23H21ClN6O3/c1-28(22(32)17-11-26-29(14-17)13-16-9-5-6-10-18(16)24)19-20(25)30(23(33)27-21(19)31)12-15-7-3-2-4-8-15/h2-11,14H,12-13,25H2,1H3,(H,27,31,33). The van der Waals surface area contributed by atoms with Crippen LogP contribution < -0.4 is 21.9 Å². The number of hydrogen-bond acceptors (Lipinski definition) is 5. The zero-order chi connectivity index (χ0) is 23.5. The zero-order valence-corrected chi connectivity index (χ0v) is 18.5. The third-order valence-electron chi connectivity index (χ3n) is 5.21. The van der Waals surface area contributed by atoms with Gasteiger partial charge in [0.15, 0.2) is 5.69 Å². The third-order valence-corrected chi connectivity index (χ3v) is 5.58. The summed E-state index contributed by atoms with van der Waals surface area (Å²) < 4.78 is 2.79. The van der Waals surface area contributed by atoms with Gasteiger partial charge < -0.3 is 10.6 Å². The second-order valence-corrected chi connectivity index (χ2v) is 7.85. The highest BCUT2D eigenvalue weighted by atomic mass is 35.5. The number of nitrogens with one attached hydrogen (secondary N) is 1. The van der Waals surface area contributed by atoms with Crippen molar-refractivity contribution in [1.82, 2.24) is 19.3 Å². The molecule has 168 valence electrons. The van der Waals surface area contributed by atoms with Crippen LogP contribution >= 0.6 is 11.6 Å². The molecule has 0 radical (unpaired) electrons. The molecule has 0 bridgehead atoms. The Morgan fingerprint density at radius 2 is 1.79 bits per heavy atom. The number of aromatic nitrogens is 4. The Morgan fingerprint density at radius 1 is 1.09 bits per heavy atom. The lowest BCUT2D eigenvalue weighted by molar-refractivity contribution is 0.0992. The minimum atomic E-state index is -0.749. The van der Waals surface area contributed by atoms with E-state index in [-0.39, 0.29) is 23.6 Å². The molecule has 0 aliphatic heterocycles. The first kappa shape index (κ1) is 22.1. The number of halogens is 1. The van der Waals surface area contributed by atoms with E-state index in [1.165, 1.54) is 17.8 Å². The van der Waals surface area contributed by atoms with Crippen LogP contribution in [0.5, 0.6) is 0 Å². The predicted molar refractivity (Wildman–Crippen MR) is 127 cm³/mol. The molecule has 0 saturated heterocycles. The number of nitrogens with two attached hydrogens (primary N) is 1.